The van der Waals surface area contributed by atoms with E-state index in [1.807, 2.05) is 38.1 Å². The monoisotopic (exact) mass is 721 g/mol. The fourth-order valence-corrected chi connectivity index (χ4v) is 8.34. The normalized spacial score (nSPS) is 18.0. The summed E-state index contributed by atoms with van der Waals surface area (Å²) in [5, 5.41) is 23.3. The molecule has 0 radical (unpaired) electrons. The second kappa shape index (κ2) is 14.8. The van der Waals surface area contributed by atoms with Crippen molar-refractivity contribution in [1.29, 1.82) is 0 Å². The molecule has 0 saturated carbocycles. The van der Waals surface area contributed by atoms with Crippen molar-refractivity contribution in [3.63, 3.8) is 0 Å². The highest BCUT2D eigenvalue weighted by atomic mass is 32.2. The molecule has 1 saturated heterocycles. The summed E-state index contributed by atoms with van der Waals surface area (Å²) in [4.78, 5) is 29.3. The molecule has 4 aromatic carbocycles. The van der Waals surface area contributed by atoms with Gasteiger partial charge in [0.1, 0.15) is 17.6 Å². The number of ketones is 1. The fraction of sp³-hybridized carbons (Fsp3) is 0.300. The summed E-state index contributed by atoms with van der Waals surface area (Å²) in [5.41, 5.74) is 3.04. The van der Waals surface area contributed by atoms with Gasteiger partial charge >= 0.3 is 5.91 Å². The first-order valence-corrected chi connectivity index (χ1v) is 19.0. The van der Waals surface area contributed by atoms with E-state index < -0.39 is 17.7 Å². The van der Waals surface area contributed by atoms with Gasteiger partial charge in [0.15, 0.2) is 15.8 Å². The van der Waals surface area contributed by atoms with E-state index in [0.29, 0.717) is 58.3 Å². The number of fused-ring (bicyclic) bond motifs is 2. The van der Waals surface area contributed by atoms with Gasteiger partial charge in [0.2, 0.25) is 5.13 Å². The first-order valence-electron chi connectivity index (χ1n) is 17.1. The molecule has 262 valence electrons. The maximum absolute atomic E-state index is 14.0. The average Bonchev–Trinajstić information content (AvgIpc) is 3.82. The fourth-order valence-electron chi connectivity index (χ4n) is 6.47. The Balaban J connectivity index is 1.27. The number of ether oxygens (including phenoxy) is 3. The number of Topliss-reactive ketones (excluding diaryl/α,β-unsaturated/α-hetero) is 1. The van der Waals surface area contributed by atoms with Crippen molar-refractivity contribution < 1.29 is 28.9 Å². The highest BCUT2D eigenvalue weighted by Gasteiger charge is 2.48. The number of benzene rings is 4. The highest BCUT2D eigenvalue weighted by Crippen LogP contribution is 2.46. The predicted molar refractivity (Wildman–Crippen MR) is 201 cm³/mol. The number of carbonyl (C=O) groups is 2. The van der Waals surface area contributed by atoms with E-state index in [2.05, 4.69) is 48.3 Å². The Hall–Kier alpha value is -4.87. The second-order valence-electron chi connectivity index (χ2n) is 13.1. The van der Waals surface area contributed by atoms with Crippen LogP contribution in [0.3, 0.4) is 0 Å². The third kappa shape index (κ3) is 7.05. The molecule has 5 aromatic rings. The van der Waals surface area contributed by atoms with Crippen LogP contribution >= 0.6 is 23.1 Å². The smallest absolute Gasteiger partial charge is 0.301 e. The number of anilines is 1. The van der Waals surface area contributed by atoms with Crippen molar-refractivity contribution in [1.82, 2.24) is 10.2 Å². The van der Waals surface area contributed by atoms with Crippen LogP contribution < -0.4 is 19.1 Å². The van der Waals surface area contributed by atoms with E-state index >= 15 is 0 Å². The van der Waals surface area contributed by atoms with Crippen molar-refractivity contribution in [2.75, 3.05) is 18.1 Å². The first-order chi connectivity index (χ1) is 24.7. The maximum atomic E-state index is 14.0. The molecule has 1 fully saturated rings. The molecule has 7 rings (SSSR count). The molecule has 2 aliphatic heterocycles. The molecular formula is C40H39N3O6S2. The quantitative estimate of drug-likeness (QED) is 0.0445. The number of aliphatic hydroxyl groups excluding tert-OH is 1. The molecule has 51 heavy (non-hydrogen) atoms. The molecule has 1 amide bonds. The van der Waals surface area contributed by atoms with Crippen LogP contribution in [0.1, 0.15) is 62.4 Å². The molecule has 0 aliphatic carbocycles. The van der Waals surface area contributed by atoms with Gasteiger partial charge in [-0.1, -0.05) is 85.5 Å². The summed E-state index contributed by atoms with van der Waals surface area (Å²) in [6, 6.07) is 24.1. The van der Waals surface area contributed by atoms with E-state index in [9.17, 15) is 14.7 Å². The zero-order chi connectivity index (χ0) is 35.6. The molecule has 0 spiro atoms. The Morgan fingerprint density at radius 3 is 2.67 bits per heavy atom. The van der Waals surface area contributed by atoms with Gasteiger partial charge in [0, 0.05) is 17.7 Å². The number of carbonyl (C=O) groups excluding carboxylic acids is 2. The Labute approximate surface area is 305 Å². The standard InChI is InChI=1S/C40H39N3O6S2/c1-5-47-33-21-26(13-16-32(33)48-18-17-23(2)3)35-34(36(44)27-14-15-31-29(20-27)19-24(4)49-31)37(45)38(46)43(35)39-41-42-40(51-39)50-22-28-11-8-10-25-9-6-7-12-30(25)28/h6-16,20-21,23-24,35,44H,5,17-19,22H2,1-4H3. The van der Waals surface area contributed by atoms with Crippen LogP contribution in [0.15, 0.2) is 88.8 Å². The number of thioether (sulfide) groups is 1. The molecule has 11 heteroatoms. The summed E-state index contributed by atoms with van der Waals surface area (Å²) < 4.78 is 18.6. The Morgan fingerprint density at radius 2 is 1.84 bits per heavy atom. The third-order valence-corrected chi connectivity index (χ3v) is 11.1. The Kier molecular flexibility index (Phi) is 10.0. The summed E-state index contributed by atoms with van der Waals surface area (Å²) in [6.07, 6.45) is 1.55. The van der Waals surface area contributed by atoms with E-state index in [4.69, 9.17) is 14.2 Å². The summed E-state index contributed by atoms with van der Waals surface area (Å²) in [6.45, 7) is 9.03. The van der Waals surface area contributed by atoms with Gasteiger partial charge in [-0.05, 0) is 84.0 Å². The number of hydrogen-bond acceptors (Lipinski definition) is 10. The second-order valence-corrected chi connectivity index (χ2v) is 15.3. The van der Waals surface area contributed by atoms with Gasteiger partial charge in [-0.25, -0.2) is 0 Å². The van der Waals surface area contributed by atoms with Crippen LogP contribution in [0, 0.1) is 5.92 Å². The van der Waals surface area contributed by atoms with E-state index in [1.165, 1.54) is 28.0 Å². The number of aromatic nitrogens is 2. The Morgan fingerprint density at radius 1 is 1.02 bits per heavy atom. The third-order valence-electron chi connectivity index (χ3n) is 8.98. The molecule has 9 nitrogen and oxygen atoms in total. The van der Waals surface area contributed by atoms with Gasteiger partial charge < -0.3 is 19.3 Å². The molecule has 2 unspecified atom stereocenters. The van der Waals surface area contributed by atoms with Gasteiger partial charge in [0.05, 0.1) is 24.8 Å². The summed E-state index contributed by atoms with van der Waals surface area (Å²) >= 11 is 2.75. The molecule has 0 bridgehead atoms. The Bertz CT molecular complexity index is 2140. The highest BCUT2D eigenvalue weighted by molar-refractivity contribution is 8.00. The van der Waals surface area contributed by atoms with Crippen LogP contribution in [0.4, 0.5) is 5.13 Å². The van der Waals surface area contributed by atoms with Crippen molar-refractivity contribution in [2.24, 2.45) is 5.92 Å². The minimum absolute atomic E-state index is 0.00585. The van der Waals surface area contributed by atoms with Gasteiger partial charge in [-0.15, -0.1) is 10.2 Å². The van der Waals surface area contributed by atoms with Crippen LogP contribution in [-0.2, 0) is 21.8 Å². The van der Waals surface area contributed by atoms with Crippen LogP contribution in [0.2, 0.25) is 0 Å². The number of nitrogens with zero attached hydrogens (tertiary/aromatic N) is 3. The first kappa shape index (κ1) is 34.6. The van der Waals surface area contributed by atoms with E-state index in [1.54, 1.807) is 30.3 Å². The number of aliphatic hydroxyl groups is 1. The molecule has 1 N–H and O–H groups in total. The van der Waals surface area contributed by atoms with Gasteiger partial charge in [0.25, 0.3) is 5.78 Å². The largest absolute Gasteiger partial charge is 0.507 e. The SMILES string of the molecule is CCOc1cc(C2C(=C(O)c3ccc4c(c3)CC(C)O4)C(=O)C(=O)N2c2nnc(SCc3cccc4ccccc34)s2)ccc1OCCC(C)C. The summed E-state index contributed by atoms with van der Waals surface area (Å²) in [5.74, 6) is 1.03. The number of rotatable bonds is 12. The molecular weight excluding hydrogens is 683 g/mol. The van der Waals surface area contributed by atoms with E-state index in [-0.39, 0.29) is 22.6 Å². The zero-order valence-corrected chi connectivity index (χ0v) is 30.6. The summed E-state index contributed by atoms with van der Waals surface area (Å²) in [7, 11) is 0. The van der Waals surface area contributed by atoms with Gasteiger partial charge in [-0.2, -0.15) is 0 Å². The van der Waals surface area contributed by atoms with Crippen LogP contribution in [-0.4, -0.2) is 46.3 Å². The number of amides is 1. The zero-order valence-electron chi connectivity index (χ0n) is 28.9. The molecule has 1 aromatic heterocycles. The number of hydrogen-bond donors (Lipinski definition) is 1. The molecule has 2 aliphatic rings. The van der Waals surface area contributed by atoms with Crippen LogP contribution in [0.25, 0.3) is 16.5 Å². The lowest BCUT2D eigenvalue weighted by Crippen LogP contribution is -2.29. The lowest BCUT2D eigenvalue weighted by atomic mass is 9.94. The van der Waals surface area contributed by atoms with Gasteiger partial charge in [-0.3, -0.25) is 14.5 Å². The minimum atomic E-state index is -0.999. The van der Waals surface area contributed by atoms with Crippen molar-refractivity contribution in [3.8, 4) is 17.2 Å². The van der Waals surface area contributed by atoms with Crippen LogP contribution in [0.5, 0.6) is 17.2 Å². The van der Waals surface area contributed by atoms with Crippen molar-refractivity contribution >= 4 is 56.5 Å². The average molecular weight is 722 g/mol. The maximum Gasteiger partial charge on any atom is 0.301 e. The van der Waals surface area contributed by atoms with Crippen molar-refractivity contribution in [2.45, 2.75) is 62.8 Å². The van der Waals surface area contributed by atoms with Crippen molar-refractivity contribution in [3.05, 3.63) is 107 Å². The lowest BCUT2D eigenvalue weighted by Gasteiger charge is -2.24. The topological polar surface area (TPSA) is 111 Å². The minimum Gasteiger partial charge on any atom is -0.507 e. The molecule has 3 heterocycles. The predicted octanol–water partition coefficient (Wildman–Crippen LogP) is 8.76. The van der Waals surface area contributed by atoms with E-state index in [0.717, 1.165) is 34.1 Å². The lowest BCUT2D eigenvalue weighted by molar-refractivity contribution is -0.132. The molecule has 2 atom stereocenters.